The maximum Gasteiger partial charge on any atom is 0.430 e. The summed E-state index contributed by atoms with van der Waals surface area (Å²) >= 11 is 0. The predicted octanol–water partition coefficient (Wildman–Crippen LogP) is 0.901. The number of pyridine rings is 3. The number of hydrogen-bond donors (Lipinski definition) is 2. The van der Waals surface area contributed by atoms with Crippen LogP contribution >= 0.6 is 0 Å². The molecule has 1 amide bonds. The third kappa shape index (κ3) is 6.12. The van der Waals surface area contributed by atoms with Crippen LogP contribution in [0.1, 0.15) is 16.3 Å². The lowest BCUT2D eigenvalue weighted by atomic mass is 10.2. The lowest BCUT2D eigenvalue weighted by molar-refractivity contribution is -0.513. The number of H-pyrrole nitrogens is 2. The summed E-state index contributed by atoms with van der Waals surface area (Å²) < 4.78 is 33.4. The third-order valence-corrected chi connectivity index (χ3v) is 4.47. The lowest BCUT2D eigenvalue weighted by Gasteiger charge is -2.03. The smallest absolute Gasteiger partial charge is 0.430 e. The molecule has 4 heterocycles. The molecule has 0 unspecified atom stereocenters. The number of nitrogens with zero attached hydrogens (tertiary/aromatic N) is 2. The summed E-state index contributed by atoms with van der Waals surface area (Å²) in [5.74, 6) is -2.64. The highest BCUT2D eigenvalue weighted by atomic mass is 19.4. The molecular weight excluding hydrogens is 439 g/mol. The van der Waals surface area contributed by atoms with Gasteiger partial charge in [0.1, 0.15) is 5.97 Å². The Hall–Kier alpha value is -4.28. The Morgan fingerprint density at radius 1 is 1.09 bits per heavy atom. The Bertz CT molecular complexity index is 1230. The van der Waals surface area contributed by atoms with E-state index in [2.05, 4.69) is 20.3 Å². The lowest BCUT2D eigenvalue weighted by Crippen LogP contribution is -2.37. The number of aromatic nitrogens is 4. The number of halogens is 3. The van der Waals surface area contributed by atoms with Crippen LogP contribution in [-0.4, -0.2) is 34.6 Å². The monoisotopic (exact) mass is 458 g/mol. The molecule has 0 fully saturated rings. The van der Waals surface area contributed by atoms with Crippen LogP contribution in [0.15, 0.2) is 73.3 Å². The third-order valence-electron chi connectivity index (χ3n) is 4.47. The number of carboxylic acid groups (broad SMARTS) is 1. The van der Waals surface area contributed by atoms with Crippen LogP contribution in [0.5, 0.6) is 0 Å². The fourth-order valence-electron chi connectivity index (χ4n) is 2.97. The summed E-state index contributed by atoms with van der Waals surface area (Å²) in [6, 6.07) is 15.6. The average molecular weight is 458 g/mol. The van der Waals surface area contributed by atoms with E-state index in [9.17, 15) is 18.0 Å². The van der Waals surface area contributed by atoms with Crippen molar-refractivity contribution in [2.45, 2.75) is 12.6 Å². The highest BCUT2D eigenvalue weighted by Crippen LogP contribution is 2.20. The molecule has 0 saturated carbocycles. The zero-order valence-electron chi connectivity index (χ0n) is 17.1. The number of carbonyl (C=O) groups excluding carboxylic acids is 2. The summed E-state index contributed by atoms with van der Waals surface area (Å²) in [5, 5.41) is 11.8. The number of alkyl halides is 3. The van der Waals surface area contributed by atoms with Crippen molar-refractivity contribution in [3.63, 3.8) is 0 Å². The summed E-state index contributed by atoms with van der Waals surface area (Å²) in [6.45, 7) is 0.553. The average Bonchev–Trinajstić information content (AvgIpc) is 3.20. The second kappa shape index (κ2) is 10.4. The fraction of sp³-hybridized carbons (Fsp3) is 0.136. The number of fused-ring (bicyclic) bond motifs is 1. The standard InChI is InChI=1S/C20H17N5O.C2HF3O2/c26-20(23-13-9-16-5-1-3-10-22-16)19-24-18(15-7-11-21-12-8-15)17-6-2-4-14-25(17)19;3-2(4,5)1(6)7/h1-8,10-12,14H,9,13H2,(H,23,26);(H,6,7)/p+1. The number of nitrogens with one attached hydrogen (secondary N) is 3. The number of hydrogen-bond acceptors (Lipinski definition) is 4. The molecule has 0 spiro atoms. The summed E-state index contributed by atoms with van der Waals surface area (Å²) in [5.41, 5.74) is 3.91. The van der Waals surface area contributed by atoms with Gasteiger partial charge in [0.15, 0.2) is 23.1 Å². The van der Waals surface area contributed by atoms with E-state index in [1.807, 2.05) is 65.3 Å². The first-order valence-electron chi connectivity index (χ1n) is 9.72. The van der Waals surface area contributed by atoms with Crippen molar-refractivity contribution < 1.29 is 37.3 Å². The first-order chi connectivity index (χ1) is 15.8. The van der Waals surface area contributed by atoms with E-state index in [0.717, 1.165) is 28.9 Å². The van der Waals surface area contributed by atoms with Crippen molar-refractivity contribution in [1.29, 1.82) is 0 Å². The van der Waals surface area contributed by atoms with E-state index in [0.29, 0.717) is 12.4 Å². The minimum absolute atomic E-state index is 0.137. The van der Waals surface area contributed by atoms with Crippen LogP contribution < -0.4 is 19.8 Å². The molecule has 0 aliphatic rings. The van der Waals surface area contributed by atoms with E-state index in [1.54, 1.807) is 12.4 Å². The van der Waals surface area contributed by atoms with Gasteiger partial charge in [0.2, 0.25) is 0 Å². The van der Waals surface area contributed by atoms with Crippen molar-refractivity contribution in [3.05, 3.63) is 84.8 Å². The molecule has 0 aromatic carbocycles. The van der Waals surface area contributed by atoms with E-state index in [4.69, 9.17) is 9.90 Å². The van der Waals surface area contributed by atoms with Crippen LogP contribution in [0.2, 0.25) is 0 Å². The van der Waals surface area contributed by atoms with Gasteiger partial charge in [0, 0.05) is 43.1 Å². The molecule has 170 valence electrons. The van der Waals surface area contributed by atoms with Crippen molar-refractivity contribution in [2.24, 2.45) is 0 Å². The Morgan fingerprint density at radius 2 is 1.79 bits per heavy atom. The van der Waals surface area contributed by atoms with Crippen molar-refractivity contribution in [3.8, 4) is 11.3 Å². The Labute approximate surface area is 185 Å². The van der Waals surface area contributed by atoms with Crippen LogP contribution in [-0.2, 0) is 11.2 Å². The van der Waals surface area contributed by atoms with Gasteiger partial charge in [0.25, 0.3) is 0 Å². The number of carbonyl (C=O) groups is 2. The van der Waals surface area contributed by atoms with Gasteiger partial charge in [-0.2, -0.15) is 17.6 Å². The van der Waals surface area contributed by atoms with Gasteiger partial charge < -0.3 is 15.2 Å². The minimum Gasteiger partial charge on any atom is -0.542 e. The van der Waals surface area contributed by atoms with Crippen LogP contribution in [0.25, 0.3) is 16.8 Å². The molecule has 8 nitrogen and oxygen atoms in total. The van der Waals surface area contributed by atoms with E-state index in [1.165, 1.54) is 0 Å². The Kier molecular flexibility index (Phi) is 7.34. The fourth-order valence-corrected chi connectivity index (χ4v) is 2.97. The van der Waals surface area contributed by atoms with Crippen molar-refractivity contribution in [2.75, 3.05) is 6.54 Å². The van der Waals surface area contributed by atoms with Gasteiger partial charge in [-0.1, -0.05) is 12.1 Å². The predicted molar refractivity (Wildman–Crippen MR) is 107 cm³/mol. The number of aromatic amines is 2. The molecule has 4 rings (SSSR count). The Morgan fingerprint density at radius 3 is 2.42 bits per heavy atom. The maximum atomic E-state index is 12.7. The molecule has 33 heavy (non-hydrogen) atoms. The van der Waals surface area contributed by atoms with E-state index >= 15 is 0 Å². The number of carboxylic acids is 1. The largest absolute Gasteiger partial charge is 0.542 e. The first kappa shape index (κ1) is 23.4. The molecule has 11 heteroatoms. The Balaban J connectivity index is 0.000000383. The van der Waals surface area contributed by atoms with Crippen molar-refractivity contribution >= 4 is 17.4 Å². The molecule has 0 radical (unpaired) electrons. The number of aliphatic carboxylic acids is 1. The summed E-state index contributed by atoms with van der Waals surface area (Å²) in [4.78, 5) is 32.0. The van der Waals surface area contributed by atoms with Gasteiger partial charge in [-0.05, 0) is 24.3 Å². The molecule has 4 aromatic rings. The maximum absolute atomic E-state index is 12.7. The minimum atomic E-state index is -5.19. The van der Waals surface area contributed by atoms with Gasteiger partial charge in [-0.25, -0.2) is 9.97 Å². The normalized spacial score (nSPS) is 10.9. The first-order valence-corrected chi connectivity index (χ1v) is 9.72. The van der Waals surface area contributed by atoms with Gasteiger partial charge >= 0.3 is 17.9 Å². The zero-order chi connectivity index (χ0) is 23.8. The van der Waals surface area contributed by atoms with Gasteiger partial charge in [0.05, 0.1) is 6.20 Å². The second-order valence-electron chi connectivity index (χ2n) is 6.72. The van der Waals surface area contributed by atoms with Crippen LogP contribution in [0.4, 0.5) is 13.2 Å². The second-order valence-corrected chi connectivity index (χ2v) is 6.72. The molecule has 0 bridgehead atoms. The number of amides is 1. The molecule has 0 aliphatic heterocycles. The van der Waals surface area contributed by atoms with E-state index in [-0.39, 0.29) is 5.91 Å². The highest BCUT2D eigenvalue weighted by molar-refractivity contribution is 5.91. The van der Waals surface area contributed by atoms with Gasteiger partial charge in [-0.3, -0.25) is 9.78 Å². The van der Waals surface area contributed by atoms with E-state index < -0.39 is 12.1 Å². The topological polar surface area (TPSA) is 116 Å². The van der Waals surface area contributed by atoms with Crippen molar-refractivity contribution in [1.82, 2.24) is 15.3 Å². The van der Waals surface area contributed by atoms with Crippen LogP contribution in [0.3, 0.4) is 0 Å². The number of rotatable bonds is 5. The molecule has 3 N–H and O–H groups in total. The van der Waals surface area contributed by atoms with Crippen LogP contribution in [0, 0.1) is 0 Å². The molecular formula is C22H19F3N5O3+. The molecule has 0 aliphatic carbocycles. The molecule has 4 aromatic heterocycles. The SMILES string of the molecule is O=C(NCCc1cccc[nH+]1)c1[nH]c(-c2ccncc2)c2cccc[n+]12.O=C([O-])C(F)(F)F. The van der Waals surface area contributed by atoms with Gasteiger partial charge in [-0.15, -0.1) is 0 Å². The zero-order valence-corrected chi connectivity index (χ0v) is 17.1. The summed E-state index contributed by atoms with van der Waals surface area (Å²) in [7, 11) is 0. The number of imidazole rings is 1. The quantitative estimate of drug-likeness (QED) is 0.432. The highest BCUT2D eigenvalue weighted by Gasteiger charge is 2.29. The summed E-state index contributed by atoms with van der Waals surface area (Å²) in [6.07, 6.45) is 2.80. The molecule has 0 atom stereocenters. The molecule has 0 saturated heterocycles.